The molecule has 0 aliphatic rings. The molecule has 2 aromatic rings. The van der Waals surface area contributed by atoms with Gasteiger partial charge in [-0.05, 0) is 43.3 Å². The summed E-state index contributed by atoms with van der Waals surface area (Å²) in [5.74, 6) is 0.901. The summed E-state index contributed by atoms with van der Waals surface area (Å²) in [5, 5.41) is 2.32. The summed E-state index contributed by atoms with van der Waals surface area (Å²) in [5.41, 5.74) is 6.62. The second-order valence-corrected chi connectivity index (χ2v) is 4.06. The van der Waals surface area contributed by atoms with Gasteiger partial charge in [0.05, 0.1) is 12.8 Å². The standard InChI is InChI=1S/C14H18N2O/c1-17-13-7-4-5-11-8-10-16-12(14(11)13)6-2-3-9-15/h4-5,7-8,10H,2-3,6,9,15H2,1H3. The first-order valence-electron chi connectivity index (χ1n) is 5.97. The topological polar surface area (TPSA) is 48.1 Å². The van der Waals surface area contributed by atoms with Gasteiger partial charge in [-0.25, -0.2) is 0 Å². The van der Waals surface area contributed by atoms with Gasteiger partial charge >= 0.3 is 0 Å². The third-order valence-electron chi connectivity index (χ3n) is 2.92. The van der Waals surface area contributed by atoms with Crippen molar-refractivity contribution in [3.05, 3.63) is 36.2 Å². The van der Waals surface area contributed by atoms with Crippen LogP contribution in [0.2, 0.25) is 0 Å². The van der Waals surface area contributed by atoms with E-state index in [9.17, 15) is 0 Å². The van der Waals surface area contributed by atoms with Crippen LogP contribution in [0.1, 0.15) is 18.5 Å². The Morgan fingerprint density at radius 1 is 1.24 bits per heavy atom. The number of unbranched alkanes of at least 4 members (excludes halogenated alkanes) is 1. The van der Waals surface area contributed by atoms with Gasteiger partial charge in [0, 0.05) is 11.6 Å². The van der Waals surface area contributed by atoms with Crippen LogP contribution >= 0.6 is 0 Å². The molecule has 3 heteroatoms. The third kappa shape index (κ3) is 2.56. The number of ether oxygens (including phenoxy) is 1. The second kappa shape index (κ2) is 5.64. The van der Waals surface area contributed by atoms with Crippen molar-refractivity contribution in [1.82, 2.24) is 4.98 Å². The van der Waals surface area contributed by atoms with Crippen molar-refractivity contribution in [1.29, 1.82) is 0 Å². The number of nitrogens with zero attached hydrogens (tertiary/aromatic N) is 1. The molecule has 0 aliphatic heterocycles. The predicted octanol–water partition coefficient (Wildman–Crippen LogP) is 2.52. The molecule has 1 aromatic heterocycles. The van der Waals surface area contributed by atoms with Crippen molar-refractivity contribution < 1.29 is 4.74 Å². The van der Waals surface area contributed by atoms with Crippen LogP contribution in [0.15, 0.2) is 30.5 Å². The molecule has 0 spiro atoms. The number of hydrogen-bond donors (Lipinski definition) is 1. The molecule has 17 heavy (non-hydrogen) atoms. The van der Waals surface area contributed by atoms with Crippen LogP contribution in [0.25, 0.3) is 10.8 Å². The Morgan fingerprint density at radius 3 is 2.88 bits per heavy atom. The van der Waals surface area contributed by atoms with E-state index in [0.717, 1.165) is 42.6 Å². The van der Waals surface area contributed by atoms with Crippen LogP contribution in [0, 0.1) is 0 Å². The molecule has 0 atom stereocenters. The van der Waals surface area contributed by atoms with Gasteiger partial charge in [0.2, 0.25) is 0 Å². The molecule has 0 aliphatic carbocycles. The van der Waals surface area contributed by atoms with Crippen LogP contribution in [0.4, 0.5) is 0 Å². The second-order valence-electron chi connectivity index (χ2n) is 4.06. The van der Waals surface area contributed by atoms with Crippen LogP contribution in [0.3, 0.4) is 0 Å². The average molecular weight is 230 g/mol. The van der Waals surface area contributed by atoms with Gasteiger partial charge in [-0.15, -0.1) is 0 Å². The van der Waals surface area contributed by atoms with Crippen molar-refractivity contribution in [3.8, 4) is 5.75 Å². The van der Waals surface area contributed by atoms with Crippen LogP contribution in [0.5, 0.6) is 5.75 Å². The number of methoxy groups -OCH3 is 1. The maximum absolute atomic E-state index is 5.52. The Balaban J connectivity index is 2.40. The van der Waals surface area contributed by atoms with Crippen molar-refractivity contribution in [3.63, 3.8) is 0 Å². The van der Waals surface area contributed by atoms with Crippen LogP contribution in [-0.2, 0) is 6.42 Å². The van der Waals surface area contributed by atoms with Gasteiger partial charge in [-0.2, -0.15) is 0 Å². The van der Waals surface area contributed by atoms with E-state index in [4.69, 9.17) is 10.5 Å². The highest BCUT2D eigenvalue weighted by molar-refractivity contribution is 5.90. The highest BCUT2D eigenvalue weighted by Crippen LogP contribution is 2.28. The molecule has 0 unspecified atom stereocenters. The number of fused-ring (bicyclic) bond motifs is 1. The first-order valence-corrected chi connectivity index (χ1v) is 5.97. The molecular formula is C14H18N2O. The fourth-order valence-electron chi connectivity index (χ4n) is 2.06. The first-order chi connectivity index (χ1) is 8.36. The number of hydrogen-bond acceptors (Lipinski definition) is 3. The summed E-state index contributed by atoms with van der Waals surface area (Å²) < 4.78 is 5.41. The summed E-state index contributed by atoms with van der Waals surface area (Å²) in [6.07, 6.45) is 4.92. The minimum atomic E-state index is 0.738. The molecule has 0 saturated carbocycles. The number of aromatic nitrogens is 1. The number of benzene rings is 1. The molecule has 2 rings (SSSR count). The van der Waals surface area contributed by atoms with E-state index in [1.807, 2.05) is 24.4 Å². The Hall–Kier alpha value is -1.61. The van der Waals surface area contributed by atoms with Crippen molar-refractivity contribution >= 4 is 10.8 Å². The molecule has 0 fully saturated rings. The van der Waals surface area contributed by atoms with E-state index < -0.39 is 0 Å². The monoisotopic (exact) mass is 230 g/mol. The number of rotatable bonds is 5. The lowest BCUT2D eigenvalue weighted by atomic mass is 10.0. The largest absolute Gasteiger partial charge is 0.496 e. The molecule has 0 bridgehead atoms. The van der Waals surface area contributed by atoms with Crippen LogP contribution in [-0.4, -0.2) is 18.6 Å². The quantitative estimate of drug-likeness (QED) is 0.803. The van der Waals surface area contributed by atoms with E-state index in [1.54, 1.807) is 7.11 Å². The summed E-state index contributed by atoms with van der Waals surface area (Å²) in [6.45, 7) is 0.738. The molecule has 0 saturated heterocycles. The molecule has 2 N–H and O–H groups in total. The molecule has 1 aromatic carbocycles. The minimum absolute atomic E-state index is 0.738. The van der Waals surface area contributed by atoms with Gasteiger partial charge in [0.25, 0.3) is 0 Å². The molecule has 1 heterocycles. The zero-order chi connectivity index (χ0) is 12.1. The van der Waals surface area contributed by atoms with Gasteiger partial charge in [-0.1, -0.05) is 12.1 Å². The lowest BCUT2D eigenvalue weighted by Crippen LogP contribution is -2.00. The zero-order valence-corrected chi connectivity index (χ0v) is 10.1. The Labute approximate surface area is 102 Å². The summed E-state index contributed by atoms with van der Waals surface area (Å²) in [7, 11) is 1.70. The van der Waals surface area contributed by atoms with E-state index in [2.05, 4.69) is 11.1 Å². The van der Waals surface area contributed by atoms with Crippen molar-refractivity contribution in [2.75, 3.05) is 13.7 Å². The van der Waals surface area contributed by atoms with E-state index >= 15 is 0 Å². The lowest BCUT2D eigenvalue weighted by molar-refractivity contribution is 0.419. The smallest absolute Gasteiger partial charge is 0.128 e. The number of pyridine rings is 1. The third-order valence-corrected chi connectivity index (χ3v) is 2.92. The lowest BCUT2D eigenvalue weighted by Gasteiger charge is -2.09. The highest BCUT2D eigenvalue weighted by Gasteiger charge is 2.07. The van der Waals surface area contributed by atoms with E-state index in [-0.39, 0.29) is 0 Å². The fourth-order valence-corrected chi connectivity index (χ4v) is 2.06. The Morgan fingerprint density at radius 2 is 2.12 bits per heavy atom. The SMILES string of the molecule is COc1cccc2ccnc(CCCCN)c12. The zero-order valence-electron chi connectivity index (χ0n) is 10.1. The summed E-state index contributed by atoms with van der Waals surface area (Å²) in [4.78, 5) is 4.47. The average Bonchev–Trinajstić information content (AvgIpc) is 2.38. The maximum Gasteiger partial charge on any atom is 0.128 e. The molecule has 0 amide bonds. The minimum Gasteiger partial charge on any atom is -0.496 e. The molecule has 3 nitrogen and oxygen atoms in total. The van der Waals surface area contributed by atoms with Crippen molar-refractivity contribution in [2.45, 2.75) is 19.3 Å². The van der Waals surface area contributed by atoms with Gasteiger partial charge in [0.1, 0.15) is 5.75 Å². The molecule has 90 valence electrons. The predicted molar refractivity (Wildman–Crippen MR) is 70.3 cm³/mol. The molecule has 0 radical (unpaired) electrons. The van der Waals surface area contributed by atoms with Gasteiger partial charge in [-0.3, -0.25) is 4.98 Å². The highest BCUT2D eigenvalue weighted by atomic mass is 16.5. The molecular weight excluding hydrogens is 212 g/mol. The Kier molecular flexibility index (Phi) is 3.94. The van der Waals surface area contributed by atoms with Crippen LogP contribution < -0.4 is 10.5 Å². The fraction of sp³-hybridized carbons (Fsp3) is 0.357. The maximum atomic E-state index is 5.52. The van der Waals surface area contributed by atoms with E-state index in [0.29, 0.717) is 0 Å². The van der Waals surface area contributed by atoms with E-state index in [1.165, 1.54) is 5.39 Å². The number of aryl methyl sites for hydroxylation is 1. The Bertz CT molecular complexity index is 491. The normalized spacial score (nSPS) is 10.7. The van der Waals surface area contributed by atoms with Gasteiger partial charge < -0.3 is 10.5 Å². The van der Waals surface area contributed by atoms with Gasteiger partial charge in [0.15, 0.2) is 0 Å². The summed E-state index contributed by atoms with van der Waals surface area (Å²) in [6, 6.07) is 8.09. The number of nitrogens with two attached hydrogens (primary N) is 1. The summed E-state index contributed by atoms with van der Waals surface area (Å²) >= 11 is 0. The first kappa shape index (κ1) is 11.9. The van der Waals surface area contributed by atoms with Crippen molar-refractivity contribution in [2.24, 2.45) is 5.73 Å².